The second kappa shape index (κ2) is 4.88. The number of carbonyl (C=O) groups excluding carboxylic acids is 2. The van der Waals surface area contributed by atoms with E-state index in [9.17, 15) is 9.59 Å². The lowest BCUT2D eigenvalue weighted by Crippen LogP contribution is -2.37. The maximum atomic E-state index is 12.3. The lowest BCUT2D eigenvalue weighted by Gasteiger charge is -2.24. The van der Waals surface area contributed by atoms with Gasteiger partial charge in [-0.2, -0.15) is 0 Å². The molecule has 1 rings (SSSR count). The normalized spacial score (nSPS) is 11.1. The number of halogens is 1. The molecule has 0 heterocycles. The summed E-state index contributed by atoms with van der Waals surface area (Å²) in [6.07, 6.45) is 0. The highest BCUT2D eigenvalue weighted by atomic mass is 35.5. The molecule has 0 atom stereocenters. The van der Waals surface area contributed by atoms with E-state index in [2.05, 4.69) is 0 Å². The number of benzene rings is 1. The van der Waals surface area contributed by atoms with Gasteiger partial charge in [0.15, 0.2) is 5.60 Å². The van der Waals surface area contributed by atoms with Gasteiger partial charge in [0.2, 0.25) is 5.78 Å². The van der Waals surface area contributed by atoms with E-state index in [0.717, 1.165) is 5.56 Å². The molecule has 0 aliphatic rings. The molecule has 17 heavy (non-hydrogen) atoms. The summed E-state index contributed by atoms with van der Waals surface area (Å²) in [5.74, 6) is -0.788. The van der Waals surface area contributed by atoms with Gasteiger partial charge >= 0.3 is 5.97 Å². The van der Waals surface area contributed by atoms with Crippen LogP contribution >= 0.6 is 11.6 Å². The molecule has 1 aromatic carbocycles. The van der Waals surface area contributed by atoms with E-state index >= 15 is 0 Å². The SMILES string of the molecule is CC(=O)OC(C)(C)C(=O)c1c(C)cccc1Cl. The van der Waals surface area contributed by atoms with Gasteiger partial charge in [0.25, 0.3) is 0 Å². The Morgan fingerprint density at radius 2 is 1.88 bits per heavy atom. The highest BCUT2D eigenvalue weighted by Crippen LogP contribution is 2.26. The summed E-state index contributed by atoms with van der Waals surface area (Å²) in [5.41, 5.74) is -0.0372. The molecule has 4 heteroatoms. The number of rotatable bonds is 3. The second-order valence-corrected chi connectivity index (χ2v) is 4.77. The van der Waals surface area contributed by atoms with Crippen LogP contribution in [-0.4, -0.2) is 17.4 Å². The summed E-state index contributed by atoms with van der Waals surface area (Å²) in [4.78, 5) is 23.2. The summed E-state index contributed by atoms with van der Waals surface area (Å²) >= 11 is 6.01. The first-order valence-electron chi connectivity index (χ1n) is 5.25. The molecule has 3 nitrogen and oxygen atoms in total. The van der Waals surface area contributed by atoms with Crippen molar-refractivity contribution in [3.63, 3.8) is 0 Å². The standard InChI is InChI=1S/C13H15ClO3/c1-8-6-5-7-10(14)11(8)12(16)13(3,4)17-9(2)15/h5-7H,1-4H3. The molecule has 0 amide bonds. The number of hydrogen-bond acceptors (Lipinski definition) is 3. The molecule has 0 spiro atoms. The fraction of sp³-hybridized carbons (Fsp3) is 0.385. The van der Waals surface area contributed by atoms with Crippen molar-refractivity contribution < 1.29 is 14.3 Å². The lowest BCUT2D eigenvalue weighted by atomic mass is 9.93. The van der Waals surface area contributed by atoms with Crippen LogP contribution in [0.5, 0.6) is 0 Å². The van der Waals surface area contributed by atoms with Gasteiger partial charge in [-0.25, -0.2) is 0 Å². The molecule has 0 saturated carbocycles. The van der Waals surface area contributed by atoms with Crippen LogP contribution in [0.4, 0.5) is 0 Å². The molecule has 0 fully saturated rings. The second-order valence-electron chi connectivity index (χ2n) is 4.36. The third-order valence-corrected chi connectivity index (χ3v) is 2.71. The van der Waals surface area contributed by atoms with Crippen molar-refractivity contribution >= 4 is 23.4 Å². The molecule has 92 valence electrons. The number of Topliss-reactive ketones (excluding diaryl/α,β-unsaturated/α-hetero) is 1. The summed E-state index contributed by atoms with van der Waals surface area (Å²) in [6.45, 7) is 6.18. The Kier molecular flexibility index (Phi) is 3.94. The maximum Gasteiger partial charge on any atom is 0.303 e. The van der Waals surface area contributed by atoms with Crippen LogP contribution in [0.25, 0.3) is 0 Å². The Balaban J connectivity index is 3.16. The van der Waals surface area contributed by atoms with Gasteiger partial charge < -0.3 is 4.74 Å². The number of aryl methyl sites for hydroxylation is 1. The van der Waals surface area contributed by atoms with Crippen LogP contribution in [0.2, 0.25) is 5.02 Å². The van der Waals surface area contributed by atoms with E-state index in [0.29, 0.717) is 10.6 Å². The Hall–Kier alpha value is -1.35. The highest BCUT2D eigenvalue weighted by Gasteiger charge is 2.33. The van der Waals surface area contributed by atoms with Crippen LogP contribution in [-0.2, 0) is 9.53 Å². The first kappa shape index (κ1) is 13.7. The van der Waals surface area contributed by atoms with Gasteiger partial charge in [-0.1, -0.05) is 23.7 Å². The summed E-state index contributed by atoms with van der Waals surface area (Å²) in [6, 6.07) is 5.21. The average molecular weight is 255 g/mol. The van der Waals surface area contributed by atoms with E-state index < -0.39 is 11.6 Å². The largest absolute Gasteiger partial charge is 0.451 e. The Morgan fingerprint density at radius 3 is 2.35 bits per heavy atom. The molecule has 0 unspecified atom stereocenters. The monoisotopic (exact) mass is 254 g/mol. The molecule has 1 aromatic rings. The minimum absolute atomic E-state index is 0.296. The van der Waals surface area contributed by atoms with E-state index in [1.165, 1.54) is 6.92 Å². The summed E-state index contributed by atoms with van der Waals surface area (Å²) in [5, 5.41) is 0.371. The topological polar surface area (TPSA) is 43.4 Å². The molecule has 0 aromatic heterocycles. The fourth-order valence-corrected chi connectivity index (χ4v) is 1.93. The van der Waals surface area contributed by atoms with Crippen molar-refractivity contribution in [3.05, 3.63) is 34.3 Å². The Bertz CT molecular complexity index is 443. The average Bonchev–Trinajstić information content (AvgIpc) is 2.14. The van der Waals surface area contributed by atoms with Crippen LogP contribution in [0.1, 0.15) is 36.7 Å². The minimum Gasteiger partial charge on any atom is -0.451 e. The van der Waals surface area contributed by atoms with Crippen LogP contribution in [0.3, 0.4) is 0 Å². The van der Waals surface area contributed by atoms with Gasteiger partial charge in [0.1, 0.15) is 0 Å². The minimum atomic E-state index is -1.21. The Labute approximate surface area is 106 Å². The number of ketones is 1. The van der Waals surface area contributed by atoms with Crippen molar-refractivity contribution in [1.82, 2.24) is 0 Å². The molecule has 0 saturated heterocycles. The van der Waals surface area contributed by atoms with Crippen molar-refractivity contribution in [2.45, 2.75) is 33.3 Å². The third kappa shape index (κ3) is 3.07. The molecular formula is C13H15ClO3. The van der Waals surface area contributed by atoms with Gasteiger partial charge in [-0.05, 0) is 32.4 Å². The predicted molar refractivity (Wildman–Crippen MR) is 66.4 cm³/mol. The Morgan fingerprint density at radius 1 is 1.29 bits per heavy atom. The van der Waals surface area contributed by atoms with Crippen LogP contribution in [0.15, 0.2) is 18.2 Å². The van der Waals surface area contributed by atoms with E-state index in [-0.39, 0.29) is 5.78 Å². The zero-order valence-electron chi connectivity index (χ0n) is 10.3. The van der Waals surface area contributed by atoms with E-state index in [1.54, 1.807) is 39.0 Å². The zero-order valence-corrected chi connectivity index (χ0v) is 11.1. The lowest BCUT2D eigenvalue weighted by molar-refractivity contribution is -0.149. The molecular weight excluding hydrogens is 240 g/mol. The number of carbonyl (C=O) groups is 2. The first-order valence-corrected chi connectivity index (χ1v) is 5.63. The highest BCUT2D eigenvalue weighted by molar-refractivity contribution is 6.34. The number of esters is 1. The molecule has 0 aliphatic carbocycles. The van der Waals surface area contributed by atoms with Crippen molar-refractivity contribution in [2.75, 3.05) is 0 Å². The maximum absolute atomic E-state index is 12.3. The molecule has 0 bridgehead atoms. The van der Waals surface area contributed by atoms with Crippen molar-refractivity contribution in [2.24, 2.45) is 0 Å². The predicted octanol–water partition coefficient (Wildman–Crippen LogP) is 3.17. The fourth-order valence-electron chi connectivity index (χ4n) is 1.63. The van der Waals surface area contributed by atoms with E-state index in [4.69, 9.17) is 16.3 Å². The van der Waals surface area contributed by atoms with Gasteiger partial charge in [0, 0.05) is 12.5 Å². The van der Waals surface area contributed by atoms with Crippen molar-refractivity contribution in [3.8, 4) is 0 Å². The van der Waals surface area contributed by atoms with Crippen LogP contribution in [0, 0.1) is 6.92 Å². The van der Waals surface area contributed by atoms with Gasteiger partial charge in [-0.3, -0.25) is 9.59 Å². The van der Waals surface area contributed by atoms with Crippen molar-refractivity contribution in [1.29, 1.82) is 0 Å². The zero-order chi connectivity index (χ0) is 13.2. The smallest absolute Gasteiger partial charge is 0.303 e. The van der Waals surface area contributed by atoms with Gasteiger partial charge in [0.05, 0.1) is 5.02 Å². The van der Waals surface area contributed by atoms with Gasteiger partial charge in [-0.15, -0.1) is 0 Å². The third-order valence-electron chi connectivity index (χ3n) is 2.39. The molecule has 0 radical (unpaired) electrons. The quantitative estimate of drug-likeness (QED) is 0.615. The summed E-state index contributed by atoms with van der Waals surface area (Å²) < 4.78 is 5.02. The van der Waals surface area contributed by atoms with E-state index in [1.807, 2.05) is 0 Å². The van der Waals surface area contributed by atoms with Crippen LogP contribution < -0.4 is 0 Å². The number of ether oxygens (including phenoxy) is 1. The first-order chi connectivity index (χ1) is 7.75. The molecule has 0 aliphatic heterocycles. The molecule has 0 N–H and O–H groups in total. The number of hydrogen-bond donors (Lipinski definition) is 0. The summed E-state index contributed by atoms with van der Waals surface area (Å²) in [7, 11) is 0.